The number of benzene rings is 1. The van der Waals surface area contributed by atoms with Crippen molar-refractivity contribution in [3.63, 3.8) is 0 Å². The second kappa shape index (κ2) is 7.41. The molecule has 17 heavy (non-hydrogen) atoms. The normalized spacial score (nSPS) is 14.6. The number of rotatable bonds is 7. The SMILES string of the molecule is CCCNC(C)C(C)OCc1ccccc1F. The lowest BCUT2D eigenvalue weighted by molar-refractivity contribution is 0.0300. The lowest BCUT2D eigenvalue weighted by atomic mass is 10.2. The van der Waals surface area contributed by atoms with Gasteiger partial charge in [0.2, 0.25) is 0 Å². The van der Waals surface area contributed by atoms with Gasteiger partial charge in [0.15, 0.2) is 0 Å². The van der Waals surface area contributed by atoms with E-state index in [4.69, 9.17) is 4.74 Å². The molecule has 96 valence electrons. The van der Waals surface area contributed by atoms with E-state index in [1.807, 2.05) is 13.0 Å². The molecule has 0 aromatic heterocycles. The molecule has 1 N–H and O–H groups in total. The van der Waals surface area contributed by atoms with Gasteiger partial charge in [-0.2, -0.15) is 0 Å². The minimum atomic E-state index is -0.200. The van der Waals surface area contributed by atoms with Crippen LogP contribution in [-0.2, 0) is 11.3 Å². The van der Waals surface area contributed by atoms with Crippen molar-refractivity contribution in [3.05, 3.63) is 35.6 Å². The molecule has 0 aliphatic heterocycles. The van der Waals surface area contributed by atoms with E-state index in [-0.39, 0.29) is 18.0 Å². The Balaban J connectivity index is 2.37. The number of nitrogens with one attached hydrogen (secondary N) is 1. The van der Waals surface area contributed by atoms with Crippen molar-refractivity contribution < 1.29 is 9.13 Å². The van der Waals surface area contributed by atoms with Crippen LogP contribution in [0.2, 0.25) is 0 Å². The highest BCUT2D eigenvalue weighted by Crippen LogP contribution is 2.10. The lowest BCUT2D eigenvalue weighted by Crippen LogP contribution is -2.37. The molecule has 2 nitrogen and oxygen atoms in total. The van der Waals surface area contributed by atoms with Crippen LogP contribution in [0.15, 0.2) is 24.3 Å². The van der Waals surface area contributed by atoms with Crippen LogP contribution < -0.4 is 5.32 Å². The van der Waals surface area contributed by atoms with Gasteiger partial charge in [-0.15, -0.1) is 0 Å². The highest BCUT2D eigenvalue weighted by atomic mass is 19.1. The van der Waals surface area contributed by atoms with Gasteiger partial charge in [0, 0.05) is 11.6 Å². The van der Waals surface area contributed by atoms with E-state index in [0.717, 1.165) is 13.0 Å². The van der Waals surface area contributed by atoms with Gasteiger partial charge in [-0.1, -0.05) is 25.1 Å². The first-order valence-electron chi connectivity index (χ1n) is 6.23. The van der Waals surface area contributed by atoms with Crippen molar-refractivity contribution >= 4 is 0 Å². The van der Waals surface area contributed by atoms with Crippen molar-refractivity contribution in [2.75, 3.05) is 6.54 Å². The smallest absolute Gasteiger partial charge is 0.128 e. The number of halogens is 1. The molecule has 1 aromatic rings. The molecule has 1 rings (SSSR count). The molecule has 0 bridgehead atoms. The summed E-state index contributed by atoms with van der Waals surface area (Å²) in [6.45, 7) is 7.53. The molecular weight excluding hydrogens is 217 g/mol. The second-order valence-corrected chi connectivity index (χ2v) is 4.35. The van der Waals surface area contributed by atoms with Crippen LogP contribution in [0.3, 0.4) is 0 Å². The van der Waals surface area contributed by atoms with Gasteiger partial charge in [0.25, 0.3) is 0 Å². The average Bonchev–Trinajstić information content (AvgIpc) is 2.34. The highest BCUT2D eigenvalue weighted by Gasteiger charge is 2.12. The summed E-state index contributed by atoms with van der Waals surface area (Å²) in [6.07, 6.45) is 1.17. The fourth-order valence-electron chi connectivity index (χ4n) is 1.52. The Labute approximate surface area is 103 Å². The summed E-state index contributed by atoms with van der Waals surface area (Å²) in [7, 11) is 0. The van der Waals surface area contributed by atoms with E-state index in [2.05, 4.69) is 19.2 Å². The monoisotopic (exact) mass is 239 g/mol. The van der Waals surface area contributed by atoms with Crippen molar-refractivity contribution in [1.29, 1.82) is 0 Å². The average molecular weight is 239 g/mol. The van der Waals surface area contributed by atoms with Gasteiger partial charge in [0.1, 0.15) is 5.82 Å². The van der Waals surface area contributed by atoms with E-state index in [1.54, 1.807) is 12.1 Å². The number of ether oxygens (including phenoxy) is 1. The van der Waals surface area contributed by atoms with Gasteiger partial charge in [0.05, 0.1) is 12.7 Å². The Morgan fingerprint density at radius 2 is 2.00 bits per heavy atom. The summed E-state index contributed by atoms with van der Waals surface area (Å²) < 4.78 is 19.0. The number of hydrogen-bond donors (Lipinski definition) is 1. The molecule has 2 atom stereocenters. The van der Waals surface area contributed by atoms with E-state index in [0.29, 0.717) is 12.2 Å². The van der Waals surface area contributed by atoms with E-state index in [1.165, 1.54) is 6.07 Å². The third-order valence-corrected chi connectivity index (χ3v) is 2.88. The van der Waals surface area contributed by atoms with Crippen LogP contribution in [0.25, 0.3) is 0 Å². The largest absolute Gasteiger partial charge is 0.372 e. The summed E-state index contributed by atoms with van der Waals surface area (Å²) in [5, 5.41) is 3.36. The molecular formula is C14H22FNO. The predicted molar refractivity (Wildman–Crippen MR) is 68.4 cm³/mol. The van der Waals surface area contributed by atoms with E-state index in [9.17, 15) is 4.39 Å². The molecule has 0 amide bonds. The summed E-state index contributed by atoms with van der Waals surface area (Å²) >= 11 is 0. The van der Waals surface area contributed by atoms with Gasteiger partial charge in [-0.05, 0) is 32.9 Å². The Morgan fingerprint density at radius 1 is 1.29 bits per heavy atom. The maximum absolute atomic E-state index is 13.3. The quantitative estimate of drug-likeness (QED) is 0.789. The first-order valence-corrected chi connectivity index (χ1v) is 6.23. The van der Waals surface area contributed by atoms with Crippen molar-refractivity contribution in [2.24, 2.45) is 0 Å². The zero-order chi connectivity index (χ0) is 12.7. The second-order valence-electron chi connectivity index (χ2n) is 4.35. The molecule has 0 radical (unpaired) electrons. The molecule has 2 unspecified atom stereocenters. The van der Waals surface area contributed by atoms with Crippen molar-refractivity contribution in [1.82, 2.24) is 5.32 Å². The van der Waals surface area contributed by atoms with Crippen molar-refractivity contribution in [3.8, 4) is 0 Å². The molecule has 0 aliphatic rings. The molecule has 1 aromatic carbocycles. The summed E-state index contributed by atoms with van der Waals surface area (Å²) in [4.78, 5) is 0. The van der Waals surface area contributed by atoms with Crippen LogP contribution in [-0.4, -0.2) is 18.7 Å². The Kier molecular flexibility index (Phi) is 6.16. The molecule has 0 saturated carbocycles. The third-order valence-electron chi connectivity index (χ3n) is 2.88. The summed E-state index contributed by atoms with van der Waals surface area (Å²) in [5.41, 5.74) is 0.613. The standard InChI is InChI=1S/C14H22FNO/c1-4-9-16-11(2)12(3)17-10-13-7-5-6-8-14(13)15/h5-8,11-12,16H,4,9-10H2,1-3H3. The maximum atomic E-state index is 13.3. The van der Waals surface area contributed by atoms with E-state index >= 15 is 0 Å². The van der Waals surface area contributed by atoms with Crippen molar-refractivity contribution in [2.45, 2.75) is 45.9 Å². The van der Waals surface area contributed by atoms with Gasteiger partial charge < -0.3 is 10.1 Å². The minimum Gasteiger partial charge on any atom is -0.372 e. The zero-order valence-corrected chi connectivity index (χ0v) is 10.9. The van der Waals surface area contributed by atoms with Gasteiger partial charge in [-0.25, -0.2) is 4.39 Å². The van der Waals surface area contributed by atoms with Crippen LogP contribution in [0.1, 0.15) is 32.8 Å². The first-order chi connectivity index (χ1) is 8.15. The Bertz CT molecular complexity index is 330. The van der Waals surface area contributed by atoms with Crippen LogP contribution in [0.4, 0.5) is 4.39 Å². The molecule has 3 heteroatoms. The number of hydrogen-bond acceptors (Lipinski definition) is 2. The molecule has 0 aliphatic carbocycles. The molecule has 0 heterocycles. The summed E-state index contributed by atoms with van der Waals surface area (Å²) in [5.74, 6) is -0.200. The van der Waals surface area contributed by atoms with E-state index < -0.39 is 0 Å². The minimum absolute atomic E-state index is 0.0705. The fraction of sp³-hybridized carbons (Fsp3) is 0.571. The van der Waals surface area contributed by atoms with Crippen LogP contribution >= 0.6 is 0 Å². The topological polar surface area (TPSA) is 21.3 Å². The predicted octanol–water partition coefficient (Wildman–Crippen LogP) is 3.12. The highest BCUT2D eigenvalue weighted by molar-refractivity contribution is 5.16. The zero-order valence-electron chi connectivity index (χ0n) is 10.9. The third kappa shape index (κ3) is 4.84. The lowest BCUT2D eigenvalue weighted by Gasteiger charge is -2.21. The first kappa shape index (κ1) is 14.1. The Hall–Kier alpha value is -0.930. The summed E-state index contributed by atoms with van der Waals surface area (Å²) in [6, 6.07) is 7.01. The van der Waals surface area contributed by atoms with Crippen LogP contribution in [0.5, 0.6) is 0 Å². The van der Waals surface area contributed by atoms with Gasteiger partial charge in [-0.3, -0.25) is 0 Å². The fourth-order valence-corrected chi connectivity index (χ4v) is 1.52. The molecule has 0 fully saturated rings. The van der Waals surface area contributed by atoms with Gasteiger partial charge >= 0.3 is 0 Å². The van der Waals surface area contributed by atoms with Crippen LogP contribution in [0, 0.1) is 5.82 Å². The maximum Gasteiger partial charge on any atom is 0.128 e. The molecule has 0 spiro atoms. The Morgan fingerprint density at radius 3 is 2.65 bits per heavy atom. The molecule has 0 saturated heterocycles.